The Morgan fingerprint density at radius 1 is 0.882 bits per heavy atom. The number of hydrogen-bond acceptors (Lipinski definition) is 8. The molecule has 4 N–H and O–H groups in total. The van der Waals surface area contributed by atoms with Crippen LogP contribution in [0.5, 0.6) is 0 Å². The van der Waals surface area contributed by atoms with Crippen LogP contribution in [0.3, 0.4) is 0 Å². The first kappa shape index (κ1) is 14.7. The molecule has 0 bridgehead atoms. The van der Waals surface area contributed by atoms with Crippen molar-refractivity contribution in [1.29, 1.82) is 0 Å². The largest absolute Gasteiger partial charge is 0.266 e. The second-order valence-electron chi connectivity index (χ2n) is 4.67. The summed E-state index contributed by atoms with van der Waals surface area (Å²) in [7, 11) is 0. The quantitative estimate of drug-likeness (QED) is 0.541. The summed E-state index contributed by atoms with van der Waals surface area (Å²) < 4.78 is 0. The first-order valence-corrected chi connectivity index (χ1v) is 5.57. The van der Waals surface area contributed by atoms with Gasteiger partial charge in [0, 0.05) is 6.42 Å². The maximum atomic E-state index is 8.61. The second-order valence-corrected chi connectivity index (χ2v) is 4.67. The summed E-state index contributed by atoms with van der Waals surface area (Å²) in [6.45, 7) is 4.07. The smallest absolute Gasteiger partial charge is 0.0872 e. The van der Waals surface area contributed by atoms with Crippen molar-refractivity contribution in [3.63, 3.8) is 0 Å². The molecule has 1 saturated carbocycles. The van der Waals surface area contributed by atoms with Gasteiger partial charge < -0.3 is 0 Å². The highest BCUT2D eigenvalue weighted by Crippen LogP contribution is 2.33. The summed E-state index contributed by atoms with van der Waals surface area (Å²) in [4.78, 5) is 9.53. The van der Waals surface area contributed by atoms with Crippen LogP contribution in [0.4, 0.5) is 0 Å². The van der Waals surface area contributed by atoms with E-state index in [1.54, 1.807) is 0 Å². The molecule has 2 atom stereocenters. The molecular formula is C9H20N2O6. The summed E-state index contributed by atoms with van der Waals surface area (Å²) in [5.74, 6) is 0.614. The number of nitrogens with zero attached hydrogens (tertiary/aromatic N) is 2. The Labute approximate surface area is 99.3 Å². The monoisotopic (exact) mass is 252 g/mol. The van der Waals surface area contributed by atoms with E-state index in [-0.39, 0.29) is 16.7 Å². The minimum atomic E-state index is -0.434. The van der Waals surface area contributed by atoms with Crippen molar-refractivity contribution in [3.05, 3.63) is 0 Å². The van der Waals surface area contributed by atoms with E-state index in [9.17, 15) is 0 Å². The second kappa shape index (κ2) is 6.57. The van der Waals surface area contributed by atoms with Crippen molar-refractivity contribution in [1.82, 2.24) is 10.8 Å². The lowest BCUT2D eigenvalue weighted by atomic mass is 9.79. The van der Waals surface area contributed by atoms with Crippen molar-refractivity contribution >= 4 is 0 Å². The molecule has 0 aromatic heterocycles. The third kappa shape index (κ3) is 5.23. The van der Waals surface area contributed by atoms with Gasteiger partial charge in [0.1, 0.15) is 0 Å². The lowest BCUT2D eigenvalue weighted by Gasteiger charge is -2.36. The minimum Gasteiger partial charge on any atom is -0.266 e. The molecule has 0 radical (unpaired) electrons. The molecule has 17 heavy (non-hydrogen) atoms. The summed E-state index contributed by atoms with van der Waals surface area (Å²) >= 11 is 0. The van der Waals surface area contributed by atoms with Crippen LogP contribution in [-0.2, 0) is 9.68 Å². The van der Waals surface area contributed by atoms with Crippen molar-refractivity contribution in [2.45, 2.75) is 45.3 Å². The van der Waals surface area contributed by atoms with Gasteiger partial charge in [-0.2, -0.15) is 0 Å². The molecule has 8 heteroatoms. The van der Waals surface area contributed by atoms with Gasteiger partial charge in [0.2, 0.25) is 0 Å². The molecule has 0 aliphatic heterocycles. The Hall–Kier alpha value is -0.320. The van der Waals surface area contributed by atoms with E-state index in [1.807, 2.05) is 13.8 Å². The van der Waals surface area contributed by atoms with Crippen LogP contribution in [0.15, 0.2) is 0 Å². The van der Waals surface area contributed by atoms with Crippen LogP contribution >= 0.6 is 0 Å². The molecule has 1 aliphatic rings. The topological polar surface area (TPSA) is 106 Å². The zero-order chi connectivity index (χ0) is 13.0. The van der Waals surface area contributed by atoms with Gasteiger partial charge in [0.15, 0.2) is 0 Å². The van der Waals surface area contributed by atoms with E-state index in [0.29, 0.717) is 25.2 Å². The van der Waals surface area contributed by atoms with E-state index in [1.165, 1.54) is 0 Å². The molecule has 2 unspecified atom stereocenters. The van der Waals surface area contributed by atoms with Gasteiger partial charge in [-0.3, -0.25) is 20.8 Å². The predicted octanol–water partition coefficient (Wildman–Crippen LogP) is 1.20. The molecule has 0 aromatic carbocycles. The van der Waals surface area contributed by atoms with Crippen LogP contribution in [-0.4, -0.2) is 43.8 Å². The van der Waals surface area contributed by atoms with Gasteiger partial charge in [-0.05, 0) is 24.7 Å². The maximum Gasteiger partial charge on any atom is 0.0872 e. The lowest BCUT2D eigenvalue weighted by molar-refractivity contribution is -0.521. The van der Waals surface area contributed by atoms with E-state index >= 15 is 0 Å². The average molecular weight is 252 g/mol. The van der Waals surface area contributed by atoms with E-state index in [2.05, 4.69) is 0 Å². The zero-order valence-electron chi connectivity index (χ0n) is 9.93. The molecule has 1 aliphatic carbocycles. The third-order valence-electron chi connectivity index (χ3n) is 3.09. The summed E-state index contributed by atoms with van der Waals surface area (Å²) in [6.07, 6.45) is 0.795. The molecular weight excluding hydrogens is 232 g/mol. The molecule has 8 nitrogen and oxygen atoms in total. The van der Waals surface area contributed by atoms with Crippen LogP contribution < -0.4 is 0 Å². The Kier molecular flexibility index (Phi) is 5.70. The molecule has 0 heterocycles. The van der Waals surface area contributed by atoms with Crippen molar-refractivity contribution in [2.75, 3.05) is 0 Å². The molecule has 0 amide bonds. The van der Waals surface area contributed by atoms with Gasteiger partial charge in [-0.25, -0.2) is 9.68 Å². The maximum absolute atomic E-state index is 8.61. The molecule has 1 rings (SSSR count). The Bertz CT molecular complexity index is 208. The van der Waals surface area contributed by atoms with Crippen molar-refractivity contribution in [3.8, 4) is 0 Å². The minimum absolute atomic E-state index is 0.249. The highest BCUT2D eigenvalue weighted by atomic mass is 17.1. The van der Waals surface area contributed by atoms with Crippen LogP contribution in [0.2, 0.25) is 0 Å². The predicted molar refractivity (Wildman–Crippen MR) is 52.7 cm³/mol. The Balaban J connectivity index is 2.55. The summed E-state index contributed by atoms with van der Waals surface area (Å²) in [5.41, 5.74) is 0. The van der Waals surface area contributed by atoms with E-state index in [4.69, 9.17) is 30.5 Å². The van der Waals surface area contributed by atoms with Crippen LogP contribution in [0.25, 0.3) is 0 Å². The van der Waals surface area contributed by atoms with Gasteiger partial charge in [-0.1, -0.05) is 13.8 Å². The highest BCUT2D eigenvalue weighted by molar-refractivity contribution is 4.81. The van der Waals surface area contributed by atoms with Gasteiger partial charge in [0.25, 0.3) is 0 Å². The molecule has 0 aromatic rings. The van der Waals surface area contributed by atoms with Gasteiger partial charge in [0.05, 0.1) is 23.0 Å². The highest BCUT2D eigenvalue weighted by Gasteiger charge is 2.33. The molecule has 102 valence electrons. The number of hydrogen-bond donors (Lipinski definition) is 4. The zero-order valence-corrected chi connectivity index (χ0v) is 9.93. The molecule has 1 fully saturated rings. The average Bonchev–Trinajstić information content (AvgIpc) is 2.14. The fourth-order valence-electron chi connectivity index (χ4n) is 2.24. The van der Waals surface area contributed by atoms with E-state index < -0.39 is 12.2 Å². The normalized spacial score (nSPS) is 30.5. The van der Waals surface area contributed by atoms with Crippen LogP contribution in [0.1, 0.15) is 33.1 Å². The number of rotatable bonds is 5. The lowest BCUT2D eigenvalue weighted by Crippen LogP contribution is -2.39. The Morgan fingerprint density at radius 3 is 1.59 bits per heavy atom. The first-order chi connectivity index (χ1) is 7.88. The summed E-state index contributed by atoms with van der Waals surface area (Å²) in [6, 6.07) is 0. The fourth-order valence-corrected chi connectivity index (χ4v) is 2.24. The van der Waals surface area contributed by atoms with Gasteiger partial charge in [-0.15, -0.1) is 0 Å². The molecule has 0 saturated heterocycles. The van der Waals surface area contributed by atoms with Crippen molar-refractivity contribution < 1.29 is 30.5 Å². The van der Waals surface area contributed by atoms with Crippen LogP contribution in [0, 0.1) is 11.8 Å². The fraction of sp³-hybridized carbons (Fsp3) is 1.00. The van der Waals surface area contributed by atoms with Gasteiger partial charge >= 0.3 is 0 Å². The first-order valence-electron chi connectivity index (χ1n) is 5.57. The van der Waals surface area contributed by atoms with Crippen molar-refractivity contribution in [2.24, 2.45) is 11.8 Å². The van der Waals surface area contributed by atoms with E-state index in [0.717, 1.165) is 0 Å². The third-order valence-corrected chi connectivity index (χ3v) is 3.09. The SMILES string of the molecule is CC(C)C1CC(ON(O)O)CC(ON(O)O)C1. The standard InChI is InChI=1S/C9H20N2O6/c1-6(2)7-3-8(16-10(12)13)5-9(4-7)17-11(14)15/h6-9,12-15H,3-5H2,1-2H3. The summed E-state index contributed by atoms with van der Waals surface area (Å²) in [5, 5.41) is 33.8. The molecule has 0 spiro atoms. The Morgan fingerprint density at radius 2 is 1.29 bits per heavy atom.